The summed E-state index contributed by atoms with van der Waals surface area (Å²) in [6, 6.07) is 8.13. The molecule has 0 saturated carbocycles. The number of hydrogen-bond donors (Lipinski definition) is 2. The van der Waals surface area contributed by atoms with Crippen LogP contribution in [0.2, 0.25) is 0 Å². The van der Waals surface area contributed by atoms with E-state index >= 15 is 0 Å². The Labute approximate surface area is 194 Å². The molecule has 1 aliphatic rings. The SMILES string of the molecule is O=C1CN(S(=O)(=O)c2ccc(N([O-])O)cc2)CC(=O)CN(S(=O)(=O)c2ccc(N([O-])O)cc2)C1. The number of rotatable bonds is 6. The third-order valence-electron chi connectivity index (χ3n) is 4.80. The van der Waals surface area contributed by atoms with Gasteiger partial charge in [0.2, 0.25) is 20.0 Å². The lowest BCUT2D eigenvalue weighted by atomic mass is 10.3. The molecule has 0 bridgehead atoms. The summed E-state index contributed by atoms with van der Waals surface area (Å²) in [5.74, 6) is -1.62. The average molecular weight is 514 g/mol. The molecule has 0 radical (unpaired) electrons. The molecule has 0 spiro atoms. The van der Waals surface area contributed by atoms with Gasteiger partial charge in [-0.25, -0.2) is 16.8 Å². The van der Waals surface area contributed by atoms with Crippen LogP contribution in [0, 0.1) is 10.4 Å². The third-order valence-corrected chi connectivity index (χ3v) is 8.41. The van der Waals surface area contributed by atoms with Gasteiger partial charge in [0, 0.05) is 0 Å². The highest BCUT2D eigenvalue weighted by molar-refractivity contribution is 7.89. The minimum atomic E-state index is -4.36. The molecule has 1 fully saturated rings. The summed E-state index contributed by atoms with van der Waals surface area (Å²) in [5.41, 5.74) is -0.482. The Morgan fingerprint density at radius 2 is 0.882 bits per heavy atom. The first kappa shape index (κ1) is 25.7. The summed E-state index contributed by atoms with van der Waals surface area (Å²) in [4.78, 5) is 24.3. The van der Waals surface area contributed by atoms with E-state index in [4.69, 9.17) is 10.4 Å². The standard InChI is InChI=1S/C18H18N4O10S2/c23-15-9-19(33(29,30)17-5-1-13(2-6-17)21(25)26)10-16(24)12-20(11-15)34(31,32)18-7-3-14(4-8-18)22(27)28/h1-8,25,27H,9-12H2/q-2. The van der Waals surface area contributed by atoms with E-state index in [9.17, 15) is 36.8 Å². The zero-order chi connectivity index (χ0) is 25.3. The van der Waals surface area contributed by atoms with Gasteiger partial charge in [-0.2, -0.15) is 8.61 Å². The van der Waals surface area contributed by atoms with Gasteiger partial charge in [0.05, 0.1) is 47.3 Å². The van der Waals surface area contributed by atoms with Gasteiger partial charge in [-0.15, -0.1) is 0 Å². The number of nitrogens with zero attached hydrogens (tertiary/aromatic N) is 4. The Bertz CT molecular complexity index is 1160. The second kappa shape index (κ2) is 9.72. The molecule has 3 rings (SSSR count). The number of Topliss-reactive ketones (excluding diaryl/α,β-unsaturated/α-hetero) is 2. The van der Waals surface area contributed by atoms with Crippen molar-refractivity contribution in [2.24, 2.45) is 0 Å². The van der Waals surface area contributed by atoms with Gasteiger partial charge < -0.3 is 20.9 Å². The summed E-state index contributed by atoms with van der Waals surface area (Å²) in [6.45, 7) is -3.15. The van der Waals surface area contributed by atoms with Crippen LogP contribution in [0.15, 0.2) is 58.3 Å². The Morgan fingerprint density at radius 1 is 0.618 bits per heavy atom. The third kappa shape index (κ3) is 5.40. The van der Waals surface area contributed by atoms with E-state index in [1.54, 1.807) is 0 Å². The zero-order valence-electron chi connectivity index (χ0n) is 17.2. The van der Waals surface area contributed by atoms with E-state index in [0.29, 0.717) is 8.61 Å². The molecule has 2 N–H and O–H groups in total. The monoisotopic (exact) mass is 514 g/mol. The molecule has 34 heavy (non-hydrogen) atoms. The second-order valence-corrected chi connectivity index (χ2v) is 11.0. The quantitative estimate of drug-likeness (QED) is 0.486. The smallest absolute Gasteiger partial charge is 0.243 e. The molecule has 0 amide bonds. The first-order valence-electron chi connectivity index (χ1n) is 9.38. The molecule has 14 nitrogen and oxygen atoms in total. The van der Waals surface area contributed by atoms with E-state index in [2.05, 4.69) is 0 Å². The summed E-state index contributed by atoms with van der Waals surface area (Å²) in [5, 5.41) is 38.5. The molecule has 2 aromatic carbocycles. The molecule has 16 heteroatoms. The van der Waals surface area contributed by atoms with Crippen molar-refractivity contribution in [2.45, 2.75) is 9.79 Å². The topological polar surface area (TPSA) is 202 Å². The van der Waals surface area contributed by atoms with Crippen LogP contribution in [0.5, 0.6) is 0 Å². The molecule has 184 valence electrons. The van der Waals surface area contributed by atoms with Crippen LogP contribution in [-0.4, -0.2) is 73.6 Å². The Hall–Kier alpha value is -2.96. The first-order chi connectivity index (χ1) is 15.8. The van der Waals surface area contributed by atoms with Crippen LogP contribution in [0.3, 0.4) is 0 Å². The van der Waals surface area contributed by atoms with Crippen molar-refractivity contribution < 1.29 is 36.8 Å². The van der Waals surface area contributed by atoms with E-state index in [-0.39, 0.29) is 21.2 Å². The van der Waals surface area contributed by atoms with Gasteiger partial charge in [-0.05, 0) is 48.5 Å². The van der Waals surface area contributed by atoms with Crippen LogP contribution in [0.1, 0.15) is 0 Å². The largest absolute Gasteiger partial charge is 0.733 e. The molecular weight excluding hydrogens is 496 g/mol. The number of anilines is 2. The fourth-order valence-corrected chi connectivity index (χ4v) is 5.94. The van der Waals surface area contributed by atoms with Crippen molar-refractivity contribution in [1.29, 1.82) is 0 Å². The van der Waals surface area contributed by atoms with Gasteiger partial charge in [0.1, 0.15) is 0 Å². The summed E-state index contributed by atoms with van der Waals surface area (Å²) in [7, 11) is -8.73. The predicted octanol–water partition coefficient (Wildman–Crippen LogP) is -0.0932. The molecular formula is C18H18N4O10S2-2. The lowest BCUT2D eigenvalue weighted by Crippen LogP contribution is -2.50. The van der Waals surface area contributed by atoms with Crippen molar-refractivity contribution in [3.63, 3.8) is 0 Å². The maximum atomic E-state index is 12.9. The zero-order valence-corrected chi connectivity index (χ0v) is 18.8. The minimum absolute atomic E-state index is 0.241. The summed E-state index contributed by atoms with van der Waals surface area (Å²) >= 11 is 0. The fraction of sp³-hybridized carbons (Fsp3) is 0.222. The number of benzene rings is 2. The van der Waals surface area contributed by atoms with Crippen molar-refractivity contribution in [2.75, 3.05) is 36.6 Å². The second-order valence-electron chi connectivity index (χ2n) is 7.16. The van der Waals surface area contributed by atoms with Crippen molar-refractivity contribution in [3.8, 4) is 0 Å². The molecule has 0 aliphatic carbocycles. The highest BCUT2D eigenvalue weighted by Crippen LogP contribution is 2.23. The Kier molecular flexibility index (Phi) is 7.34. The average Bonchev–Trinajstić information content (AvgIpc) is 2.77. The highest BCUT2D eigenvalue weighted by Gasteiger charge is 2.36. The van der Waals surface area contributed by atoms with Crippen LogP contribution >= 0.6 is 0 Å². The maximum Gasteiger partial charge on any atom is 0.243 e. The van der Waals surface area contributed by atoms with Crippen molar-refractivity contribution in [3.05, 3.63) is 58.9 Å². The van der Waals surface area contributed by atoms with E-state index < -0.39 is 68.2 Å². The molecule has 1 heterocycles. The number of carbonyl (C=O) groups is 2. The van der Waals surface area contributed by atoms with Gasteiger partial charge in [-0.1, -0.05) is 0 Å². The van der Waals surface area contributed by atoms with Crippen LogP contribution in [0.4, 0.5) is 11.4 Å². The van der Waals surface area contributed by atoms with Crippen LogP contribution < -0.4 is 10.5 Å². The van der Waals surface area contributed by atoms with Crippen LogP contribution in [0.25, 0.3) is 0 Å². The number of hydrogen-bond acceptors (Lipinski definition) is 12. The summed E-state index contributed by atoms with van der Waals surface area (Å²) in [6.07, 6.45) is 0. The fourth-order valence-electron chi connectivity index (χ4n) is 3.13. The summed E-state index contributed by atoms with van der Waals surface area (Å²) < 4.78 is 52.8. The molecule has 0 atom stereocenters. The molecule has 1 aliphatic heterocycles. The number of sulfonamides is 2. The van der Waals surface area contributed by atoms with E-state index in [0.717, 1.165) is 48.5 Å². The highest BCUT2D eigenvalue weighted by atomic mass is 32.2. The number of ketones is 2. The lowest BCUT2D eigenvalue weighted by molar-refractivity contribution is -0.124. The number of carbonyl (C=O) groups excluding carboxylic acids is 2. The molecule has 1 saturated heterocycles. The maximum absolute atomic E-state index is 12.9. The minimum Gasteiger partial charge on any atom is -0.733 e. The van der Waals surface area contributed by atoms with Gasteiger partial charge in [0.25, 0.3) is 0 Å². The van der Waals surface area contributed by atoms with Crippen molar-refractivity contribution >= 4 is 43.0 Å². The predicted molar refractivity (Wildman–Crippen MR) is 116 cm³/mol. The normalized spacial score (nSPS) is 16.7. The molecule has 0 aromatic heterocycles. The Balaban J connectivity index is 1.82. The van der Waals surface area contributed by atoms with Gasteiger partial charge >= 0.3 is 0 Å². The lowest BCUT2D eigenvalue weighted by Gasteiger charge is -2.28. The first-order valence-corrected chi connectivity index (χ1v) is 12.3. The van der Waals surface area contributed by atoms with Gasteiger partial charge in [0.15, 0.2) is 11.6 Å². The molecule has 0 unspecified atom stereocenters. The van der Waals surface area contributed by atoms with Crippen LogP contribution in [-0.2, 0) is 29.6 Å². The van der Waals surface area contributed by atoms with Gasteiger partial charge in [-0.3, -0.25) is 20.0 Å². The van der Waals surface area contributed by atoms with E-state index in [1.807, 2.05) is 0 Å². The van der Waals surface area contributed by atoms with Crippen molar-refractivity contribution in [1.82, 2.24) is 8.61 Å². The molecule has 2 aromatic rings. The van der Waals surface area contributed by atoms with E-state index in [1.165, 1.54) is 0 Å². The Morgan fingerprint density at radius 3 is 1.12 bits per heavy atom.